The maximum absolute atomic E-state index is 11.7. The Bertz CT molecular complexity index is 1060. The predicted molar refractivity (Wildman–Crippen MR) is 85.8 cm³/mol. The summed E-state index contributed by atoms with van der Waals surface area (Å²) < 4.78 is 24.7. The van der Waals surface area contributed by atoms with E-state index in [1.54, 1.807) is 19.1 Å². The van der Waals surface area contributed by atoms with Gasteiger partial charge in [-0.05, 0) is 24.6 Å². The second-order valence-corrected chi connectivity index (χ2v) is 6.57. The molecule has 10 heteroatoms. The summed E-state index contributed by atoms with van der Waals surface area (Å²) >= 11 is 0. The highest BCUT2D eigenvalue weighted by molar-refractivity contribution is 7.89. The molecule has 2 aromatic heterocycles. The van der Waals surface area contributed by atoms with E-state index in [1.807, 2.05) is 0 Å². The number of hydrogen-bond donors (Lipinski definition) is 3. The standard InChI is InChI=1S/C14H13N5O4S/c1-8-9(14(20)21)6-19-12(8)13(16-7-17-19)18-10-4-2-3-5-11(10)24(15,22)23/h2-7H,1H3,(H,20,21)(H2,15,22,23)(H,16,17,18). The summed E-state index contributed by atoms with van der Waals surface area (Å²) in [7, 11) is -3.93. The number of nitrogens with one attached hydrogen (secondary N) is 1. The summed E-state index contributed by atoms with van der Waals surface area (Å²) in [6.45, 7) is 1.62. The van der Waals surface area contributed by atoms with Crippen LogP contribution in [-0.4, -0.2) is 34.1 Å². The summed E-state index contributed by atoms with van der Waals surface area (Å²) in [5, 5.41) is 21.3. The molecule has 0 unspecified atom stereocenters. The van der Waals surface area contributed by atoms with Gasteiger partial charge >= 0.3 is 5.97 Å². The number of para-hydroxylation sites is 1. The Morgan fingerprint density at radius 1 is 1.33 bits per heavy atom. The van der Waals surface area contributed by atoms with Crippen LogP contribution in [0.2, 0.25) is 0 Å². The molecule has 1 aromatic carbocycles. The zero-order chi connectivity index (χ0) is 17.5. The number of nitrogens with zero attached hydrogens (tertiary/aromatic N) is 3. The number of nitrogens with two attached hydrogens (primary N) is 1. The molecule has 0 amide bonds. The van der Waals surface area contributed by atoms with E-state index in [0.717, 1.165) is 0 Å². The lowest BCUT2D eigenvalue weighted by atomic mass is 10.2. The van der Waals surface area contributed by atoms with E-state index in [0.29, 0.717) is 11.1 Å². The fourth-order valence-corrected chi connectivity index (χ4v) is 3.11. The number of carboxylic acid groups (broad SMARTS) is 1. The van der Waals surface area contributed by atoms with E-state index >= 15 is 0 Å². The lowest BCUT2D eigenvalue weighted by Gasteiger charge is -2.11. The van der Waals surface area contributed by atoms with Gasteiger partial charge in [-0.25, -0.2) is 27.9 Å². The highest BCUT2D eigenvalue weighted by atomic mass is 32.2. The first kappa shape index (κ1) is 15.9. The lowest BCUT2D eigenvalue weighted by molar-refractivity contribution is 0.0696. The van der Waals surface area contributed by atoms with Crippen molar-refractivity contribution in [2.45, 2.75) is 11.8 Å². The number of fused-ring (bicyclic) bond motifs is 1. The van der Waals surface area contributed by atoms with Crippen LogP contribution in [0, 0.1) is 6.92 Å². The van der Waals surface area contributed by atoms with E-state index in [4.69, 9.17) is 5.14 Å². The third-order valence-electron chi connectivity index (χ3n) is 3.50. The molecule has 124 valence electrons. The third-order valence-corrected chi connectivity index (χ3v) is 4.47. The number of aromatic nitrogens is 3. The number of anilines is 2. The number of carbonyl (C=O) groups is 1. The van der Waals surface area contributed by atoms with Gasteiger partial charge in [-0.15, -0.1) is 0 Å². The highest BCUT2D eigenvalue weighted by Crippen LogP contribution is 2.28. The Hall–Kier alpha value is -2.98. The predicted octanol–water partition coefficient (Wildman–Crippen LogP) is 1.13. The normalized spacial score (nSPS) is 11.6. The van der Waals surface area contributed by atoms with Crippen molar-refractivity contribution >= 4 is 33.0 Å². The Morgan fingerprint density at radius 2 is 2.04 bits per heavy atom. The van der Waals surface area contributed by atoms with Gasteiger partial charge in [-0.1, -0.05) is 12.1 Å². The molecule has 0 aliphatic carbocycles. The summed E-state index contributed by atoms with van der Waals surface area (Å²) in [4.78, 5) is 15.3. The van der Waals surface area contributed by atoms with Gasteiger partial charge in [-0.2, -0.15) is 5.10 Å². The Balaban J connectivity index is 2.18. The zero-order valence-electron chi connectivity index (χ0n) is 12.5. The van der Waals surface area contributed by atoms with Gasteiger partial charge in [0.25, 0.3) is 0 Å². The van der Waals surface area contributed by atoms with Gasteiger partial charge in [0.1, 0.15) is 16.7 Å². The minimum atomic E-state index is -3.93. The van der Waals surface area contributed by atoms with Gasteiger partial charge < -0.3 is 10.4 Å². The minimum Gasteiger partial charge on any atom is -0.478 e. The monoisotopic (exact) mass is 347 g/mol. The van der Waals surface area contributed by atoms with Gasteiger partial charge in [0.2, 0.25) is 10.0 Å². The smallest absolute Gasteiger partial charge is 0.337 e. The van der Waals surface area contributed by atoms with E-state index in [9.17, 15) is 18.3 Å². The van der Waals surface area contributed by atoms with Crippen molar-refractivity contribution in [1.82, 2.24) is 14.6 Å². The molecule has 24 heavy (non-hydrogen) atoms. The highest BCUT2D eigenvalue weighted by Gasteiger charge is 2.19. The molecule has 0 aliphatic heterocycles. The summed E-state index contributed by atoms with van der Waals surface area (Å²) in [5.74, 6) is -0.819. The van der Waals surface area contributed by atoms with Gasteiger partial charge in [0.05, 0.1) is 11.3 Å². The maximum atomic E-state index is 11.7. The number of aromatic carboxylic acids is 1. The maximum Gasteiger partial charge on any atom is 0.337 e. The van der Waals surface area contributed by atoms with Crippen LogP contribution in [0.4, 0.5) is 11.5 Å². The fourth-order valence-electron chi connectivity index (χ4n) is 2.41. The SMILES string of the molecule is Cc1c(C(=O)O)cn2ncnc(Nc3ccccc3S(N)(=O)=O)c12. The molecular weight excluding hydrogens is 334 g/mol. The quantitative estimate of drug-likeness (QED) is 0.642. The molecule has 0 fully saturated rings. The molecule has 0 saturated heterocycles. The van der Waals surface area contributed by atoms with Crippen molar-refractivity contribution in [1.29, 1.82) is 0 Å². The Kier molecular flexibility index (Phi) is 3.70. The summed E-state index contributed by atoms with van der Waals surface area (Å²) in [5.41, 5.74) is 1.20. The first-order valence-electron chi connectivity index (χ1n) is 6.74. The second kappa shape index (κ2) is 5.58. The van der Waals surface area contributed by atoms with Crippen LogP contribution in [0.5, 0.6) is 0 Å². The van der Waals surface area contributed by atoms with E-state index in [2.05, 4.69) is 15.4 Å². The third kappa shape index (κ3) is 2.68. The topological polar surface area (TPSA) is 140 Å². The van der Waals surface area contributed by atoms with Crippen LogP contribution < -0.4 is 10.5 Å². The molecule has 3 rings (SSSR count). The molecule has 0 radical (unpaired) electrons. The molecule has 9 nitrogen and oxygen atoms in total. The molecule has 0 spiro atoms. The molecule has 0 atom stereocenters. The number of benzene rings is 1. The van der Waals surface area contributed by atoms with Crippen LogP contribution in [0.15, 0.2) is 41.7 Å². The number of carboxylic acids is 1. The van der Waals surface area contributed by atoms with Crippen LogP contribution >= 0.6 is 0 Å². The first-order chi connectivity index (χ1) is 11.3. The molecule has 3 aromatic rings. The van der Waals surface area contributed by atoms with Crippen molar-refractivity contribution < 1.29 is 18.3 Å². The number of rotatable bonds is 4. The van der Waals surface area contributed by atoms with Crippen molar-refractivity contribution in [3.05, 3.63) is 47.9 Å². The van der Waals surface area contributed by atoms with Crippen LogP contribution in [0.25, 0.3) is 5.52 Å². The molecular formula is C14H13N5O4S. The average Bonchev–Trinajstić information content (AvgIpc) is 2.85. The Morgan fingerprint density at radius 3 is 2.71 bits per heavy atom. The molecule has 0 saturated carbocycles. The van der Waals surface area contributed by atoms with Crippen molar-refractivity contribution in [3.63, 3.8) is 0 Å². The molecule has 0 aliphatic rings. The Labute approximate surface area is 136 Å². The van der Waals surface area contributed by atoms with Gasteiger partial charge in [0, 0.05) is 6.20 Å². The molecule has 0 bridgehead atoms. The average molecular weight is 347 g/mol. The number of hydrogen-bond acceptors (Lipinski definition) is 6. The van der Waals surface area contributed by atoms with Crippen LogP contribution in [0.1, 0.15) is 15.9 Å². The van der Waals surface area contributed by atoms with Crippen molar-refractivity contribution in [2.75, 3.05) is 5.32 Å². The van der Waals surface area contributed by atoms with E-state index < -0.39 is 16.0 Å². The number of sulfonamides is 1. The van der Waals surface area contributed by atoms with Crippen LogP contribution in [-0.2, 0) is 10.0 Å². The van der Waals surface area contributed by atoms with Gasteiger partial charge in [0.15, 0.2) is 5.82 Å². The zero-order valence-corrected chi connectivity index (χ0v) is 13.3. The second-order valence-electron chi connectivity index (χ2n) is 5.04. The lowest BCUT2D eigenvalue weighted by Crippen LogP contribution is -2.14. The van der Waals surface area contributed by atoms with E-state index in [-0.39, 0.29) is 22.0 Å². The number of primary sulfonamides is 1. The summed E-state index contributed by atoms with van der Waals surface area (Å²) in [6.07, 6.45) is 2.60. The van der Waals surface area contributed by atoms with Gasteiger partial charge in [-0.3, -0.25) is 0 Å². The van der Waals surface area contributed by atoms with E-state index in [1.165, 1.54) is 29.2 Å². The first-order valence-corrected chi connectivity index (χ1v) is 8.29. The molecule has 4 N–H and O–H groups in total. The number of aryl methyl sites for hydroxylation is 1. The fraction of sp³-hybridized carbons (Fsp3) is 0.0714. The van der Waals surface area contributed by atoms with Crippen LogP contribution in [0.3, 0.4) is 0 Å². The largest absolute Gasteiger partial charge is 0.478 e. The van der Waals surface area contributed by atoms with Crippen molar-refractivity contribution in [2.24, 2.45) is 5.14 Å². The molecule has 2 heterocycles. The summed E-state index contributed by atoms with van der Waals surface area (Å²) in [6, 6.07) is 6.09. The minimum absolute atomic E-state index is 0.0817. The van der Waals surface area contributed by atoms with Crippen molar-refractivity contribution in [3.8, 4) is 0 Å².